The third-order valence-corrected chi connectivity index (χ3v) is 4.19. The van der Waals surface area contributed by atoms with Gasteiger partial charge in [-0.1, -0.05) is 22.4 Å². The summed E-state index contributed by atoms with van der Waals surface area (Å²) < 4.78 is 23.8. The van der Waals surface area contributed by atoms with Crippen LogP contribution in [0.2, 0.25) is 0 Å². The summed E-state index contributed by atoms with van der Waals surface area (Å²) in [7, 11) is -0.183. The monoisotopic (exact) mass is 294 g/mol. The number of ether oxygens (including phenoxy) is 2. The first-order chi connectivity index (χ1) is 8.69. The van der Waals surface area contributed by atoms with Crippen LogP contribution in [0.5, 0.6) is 0 Å². The molecule has 4 nitrogen and oxygen atoms in total. The molecule has 0 radical (unpaired) electrons. The summed E-state index contributed by atoms with van der Waals surface area (Å²) in [6, 6.07) is 0. The third-order valence-electron chi connectivity index (χ3n) is 3.05. The number of alkyl halides is 1. The number of carbonyl (C=O) groups is 2. The van der Waals surface area contributed by atoms with Crippen LogP contribution in [0.15, 0.2) is 0 Å². The minimum atomic E-state index is -1.96. The summed E-state index contributed by atoms with van der Waals surface area (Å²) in [5, 5.41) is -1.96. The molecule has 0 bridgehead atoms. The lowest BCUT2D eigenvalue weighted by molar-refractivity contribution is -0.169. The Morgan fingerprint density at radius 3 is 2.32 bits per heavy atom. The van der Waals surface area contributed by atoms with Crippen molar-refractivity contribution in [2.75, 3.05) is 13.3 Å². The lowest BCUT2D eigenvalue weighted by Crippen LogP contribution is -2.41. The van der Waals surface area contributed by atoms with E-state index in [2.05, 4.69) is 0 Å². The Bertz CT molecular complexity index is 329. The van der Waals surface area contributed by atoms with Crippen molar-refractivity contribution in [3.05, 3.63) is 0 Å². The van der Waals surface area contributed by atoms with Gasteiger partial charge >= 0.3 is 11.9 Å². The first-order valence-corrected chi connectivity index (χ1v) is 7.96. The van der Waals surface area contributed by atoms with Gasteiger partial charge in [0, 0.05) is 5.92 Å². The summed E-state index contributed by atoms with van der Waals surface area (Å²) in [5.41, 5.74) is -0.893. The third kappa shape index (κ3) is 5.06. The van der Waals surface area contributed by atoms with Crippen molar-refractivity contribution in [2.45, 2.75) is 52.1 Å². The van der Waals surface area contributed by atoms with Gasteiger partial charge in [0.2, 0.25) is 5.41 Å². The highest BCUT2D eigenvalue weighted by Gasteiger charge is 2.43. The second-order valence-electron chi connectivity index (χ2n) is 4.83. The molecule has 1 heterocycles. The zero-order chi connectivity index (χ0) is 15.3. The van der Waals surface area contributed by atoms with Gasteiger partial charge in [-0.3, -0.25) is 4.79 Å². The van der Waals surface area contributed by atoms with Crippen LogP contribution in [0.1, 0.15) is 41.0 Å². The van der Waals surface area contributed by atoms with Crippen molar-refractivity contribution < 1.29 is 23.5 Å². The quantitative estimate of drug-likeness (QED) is 0.591. The number of esters is 2. The minimum Gasteiger partial charge on any atom is -0.465 e. The van der Waals surface area contributed by atoms with Crippen LogP contribution in [0.3, 0.4) is 0 Å². The van der Waals surface area contributed by atoms with Gasteiger partial charge in [0.25, 0.3) is 0 Å². The smallest absolute Gasteiger partial charge is 0.348 e. The molecule has 1 aliphatic rings. The summed E-state index contributed by atoms with van der Waals surface area (Å²) in [5.74, 6) is -1.39. The number of halogens is 1. The van der Waals surface area contributed by atoms with Crippen molar-refractivity contribution in [1.29, 1.82) is 0 Å². The highest BCUT2D eigenvalue weighted by Crippen LogP contribution is 2.36. The Hall–Kier alpha value is -0.700. The summed E-state index contributed by atoms with van der Waals surface area (Å²) in [6.07, 6.45) is 0.206. The molecular weight excluding hydrogens is 270 g/mol. The Kier molecular flexibility index (Phi) is 6.92. The molecule has 112 valence electrons. The van der Waals surface area contributed by atoms with Gasteiger partial charge in [0.15, 0.2) is 0 Å². The molecule has 3 unspecified atom stereocenters. The van der Waals surface area contributed by atoms with E-state index in [4.69, 9.17) is 9.47 Å². The van der Waals surface area contributed by atoms with Crippen LogP contribution in [0, 0.1) is 5.92 Å². The van der Waals surface area contributed by atoms with Gasteiger partial charge in [-0.05, 0) is 27.4 Å². The second-order valence-corrected chi connectivity index (χ2v) is 6.27. The molecule has 0 saturated carbocycles. The van der Waals surface area contributed by atoms with E-state index in [0.717, 1.165) is 0 Å². The number of cyclic esters (lactones) is 1. The molecule has 6 heteroatoms. The molecule has 0 amide bonds. The minimum absolute atomic E-state index is 0.183. The number of hydrogen-bond acceptors (Lipinski definition) is 4. The lowest BCUT2D eigenvalue weighted by atomic mass is 9.90. The van der Waals surface area contributed by atoms with E-state index in [1.54, 1.807) is 20.5 Å². The largest absolute Gasteiger partial charge is 0.465 e. The van der Waals surface area contributed by atoms with Crippen LogP contribution in [0.4, 0.5) is 4.39 Å². The van der Waals surface area contributed by atoms with Crippen LogP contribution in [-0.4, -0.2) is 36.2 Å². The van der Waals surface area contributed by atoms with E-state index in [-0.39, 0.29) is 33.5 Å². The van der Waals surface area contributed by atoms with E-state index in [1.807, 2.05) is 13.8 Å². The first kappa shape index (κ1) is 18.3. The fourth-order valence-electron chi connectivity index (χ4n) is 1.48. The lowest BCUT2D eigenvalue weighted by Gasteiger charge is -2.32. The van der Waals surface area contributed by atoms with Crippen molar-refractivity contribution in [3.63, 3.8) is 0 Å². The van der Waals surface area contributed by atoms with Gasteiger partial charge < -0.3 is 9.47 Å². The van der Waals surface area contributed by atoms with Crippen molar-refractivity contribution >= 4 is 20.5 Å². The van der Waals surface area contributed by atoms with Crippen LogP contribution < -0.4 is 0 Å². The molecule has 0 aliphatic carbocycles. The zero-order valence-corrected chi connectivity index (χ0v) is 13.5. The van der Waals surface area contributed by atoms with E-state index < -0.39 is 17.0 Å². The predicted molar refractivity (Wildman–Crippen MR) is 74.3 cm³/mol. The molecule has 0 aromatic rings. The number of rotatable bonds is 4. The zero-order valence-electron chi connectivity index (χ0n) is 12.5. The molecule has 0 spiro atoms. The highest BCUT2D eigenvalue weighted by molar-refractivity contribution is 7.40. The SMILES string of the molecule is CC.CPC(C)(F)C(=O)OC(C)(C)C1COC(=O)C1. The van der Waals surface area contributed by atoms with Crippen molar-refractivity contribution in [1.82, 2.24) is 0 Å². The summed E-state index contributed by atoms with van der Waals surface area (Å²) in [6.45, 7) is 10.4. The Morgan fingerprint density at radius 1 is 1.42 bits per heavy atom. The number of hydrogen-bond donors (Lipinski definition) is 0. The molecule has 19 heavy (non-hydrogen) atoms. The fraction of sp³-hybridized carbons (Fsp3) is 0.846. The van der Waals surface area contributed by atoms with Crippen LogP contribution in [0.25, 0.3) is 0 Å². The maximum atomic E-state index is 13.7. The van der Waals surface area contributed by atoms with Crippen molar-refractivity contribution in [2.24, 2.45) is 5.92 Å². The molecule has 3 atom stereocenters. The number of carbonyl (C=O) groups excluding carboxylic acids is 2. The maximum Gasteiger partial charge on any atom is 0.348 e. The Labute approximate surface area is 116 Å². The molecule has 0 aromatic carbocycles. The van der Waals surface area contributed by atoms with Gasteiger partial charge in [-0.2, -0.15) is 0 Å². The Morgan fingerprint density at radius 2 is 1.95 bits per heavy atom. The summed E-state index contributed by atoms with van der Waals surface area (Å²) in [4.78, 5) is 22.6. The fourth-order valence-corrected chi connectivity index (χ4v) is 1.73. The van der Waals surface area contributed by atoms with E-state index in [9.17, 15) is 14.0 Å². The first-order valence-electron chi connectivity index (χ1n) is 6.46. The van der Waals surface area contributed by atoms with Gasteiger partial charge in [0.1, 0.15) is 5.60 Å². The van der Waals surface area contributed by atoms with Crippen LogP contribution in [-0.2, 0) is 19.1 Å². The standard InChI is InChI=1S/C11H18FO4P.C2H6/c1-10(2,7-5-8(13)15-6-7)16-9(14)11(3,12)17-4;1-2/h7,17H,5-6H2,1-4H3;1-2H3. The van der Waals surface area contributed by atoms with Gasteiger partial charge in [0.05, 0.1) is 13.0 Å². The molecule has 0 aromatic heterocycles. The van der Waals surface area contributed by atoms with Crippen molar-refractivity contribution in [3.8, 4) is 0 Å². The highest BCUT2D eigenvalue weighted by atomic mass is 31.1. The van der Waals surface area contributed by atoms with E-state index >= 15 is 0 Å². The Balaban J connectivity index is 0.00000154. The normalized spacial score (nSPS) is 22.5. The molecule has 1 fully saturated rings. The second kappa shape index (κ2) is 7.18. The van der Waals surface area contributed by atoms with E-state index in [1.165, 1.54) is 6.92 Å². The average molecular weight is 294 g/mol. The molecule has 1 rings (SSSR count). The van der Waals surface area contributed by atoms with Crippen LogP contribution >= 0.6 is 8.58 Å². The van der Waals surface area contributed by atoms with Gasteiger partial charge in [-0.15, -0.1) is 0 Å². The average Bonchev–Trinajstić information content (AvgIpc) is 2.78. The molecular formula is C13H24FO4P. The van der Waals surface area contributed by atoms with Gasteiger partial charge in [-0.25, -0.2) is 9.18 Å². The molecule has 0 N–H and O–H groups in total. The predicted octanol–water partition coefficient (Wildman–Crippen LogP) is 2.89. The molecule has 1 aliphatic heterocycles. The van der Waals surface area contributed by atoms with E-state index in [0.29, 0.717) is 0 Å². The topological polar surface area (TPSA) is 52.6 Å². The molecule has 1 saturated heterocycles. The maximum absolute atomic E-state index is 13.7. The summed E-state index contributed by atoms with van der Waals surface area (Å²) >= 11 is 0.